The van der Waals surface area contributed by atoms with Gasteiger partial charge >= 0.3 is 0 Å². The molecule has 0 radical (unpaired) electrons. The molecule has 0 spiro atoms. The van der Waals surface area contributed by atoms with E-state index in [4.69, 9.17) is 16.3 Å². The molecule has 0 N–H and O–H groups in total. The number of piperidine rings is 1. The maximum Gasteiger partial charge on any atom is 0.231 e. The van der Waals surface area contributed by atoms with Gasteiger partial charge in [-0.1, -0.05) is 29.8 Å². The first-order chi connectivity index (χ1) is 12.2. The molecule has 3 heterocycles. The van der Waals surface area contributed by atoms with Gasteiger partial charge in [-0.2, -0.15) is 0 Å². The van der Waals surface area contributed by atoms with Gasteiger partial charge in [0.25, 0.3) is 0 Å². The van der Waals surface area contributed by atoms with Gasteiger partial charge in [-0.25, -0.2) is 9.50 Å². The quantitative estimate of drug-likeness (QED) is 0.713. The first-order valence-electron chi connectivity index (χ1n) is 8.62. The van der Waals surface area contributed by atoms with Gasteiger partial charge in [-0.05, 0) is 38.6 Å². The normalized spacial score (nSPS) is 18.6. The number of aromatic nitrogens is 3. The minimum atomic E-state index is 0.557. The molecule has 0 saturated carbocycles. The first kappa shape index (κ1) is 16.4. The second kappa shape index (κ2) is 7.02. The fourth-order valence-electron chi connectivity index (χ4n) is 3.40. The summed E-state index contributed by atoms with van der Waals surface area (Å²) in [5.41, 5.74) is 2.55. The van der Waals surface area contributed by atoms with Crippen molar-refractivity contribution in [2.75, 3.05) is 26.7 Å². The van der Waals surface area contributed by atoms with Crippen LogP contribution in [0, 0.1) is 5.92 Å². The van der Waals surface area contributed by atoms with E-state index in [-0.39, 0.29) is 0 Å². The zero-order chi connectivity index (χ0) is 17.2. The molecule has 6 heteroatoms. The van der Waals surface area contributed by atoms with Gasteiger partial charge in [-0.3, -0.25) is 0 Å². The third kappa shape index (κ3) is 3.48. The maximum absolute atomic E-state index is 6.33. The van der Waals surface area contributed by atoms with Crippen molar-refractivity contribution in [1.29, 1.82) is 0 Å². The van der Waals surface area contributed by atoms with E-state index in [1.807, 2.05) is 36.4 Å². The lowest BCUT2D eigenvalue weighted by molar-refractivity contribution is 0.146. The van der Waals surface area contributed by atoms with E-state index in [1.54, 1.807) is 10.7 Å². The lowest BCUT2D eigenvalue weighted by atomic mass is 10.00. The van der Waals surface area contributed by atoms with Crippen molar-refractivity contribution in [2.45, 2.75) is 12.8 Å². The predicted octanol–water partition coefficient (Wildman–Crippen LogP) is 3.77. The monoisotopic (exact) mass is 356 g/mol. The zero-order valence-electron chi connectivity index (χ0n) is 14.2. The third-order valence-corrected chi connectivity index (χ3v) is 5.01. The van der Waals surface area contributed by atoms with Crippen molar-refractivity contribution in [3.05, 3.63) is 47.6 Å². The molecule has 3 aromatic rings. The Morgan fingerprint density at radius 3 is 2.96 bits per heavy atom. The van der Waals surface area contributed by atoms with E-state index in [1.165, 1.54) is 19.4 Å². The Morgan fingerprint density at radius 1 is 1.24 bits per heavy atom. The summed E-state index contributed by atoms with van der Waals surface area (Å²) in [6, 6.07) is 11.5. The highest BCUT2D eigenvalue weighted by molar-refractivity contribution is 6.33. The molecule has 1 atom stereocenters. The highest BCUT2D eigenvalue weighted by Crippen LogP contribution is 2.28. The van der Waals surface area contributed by atoms with Crippen LogP contribution in [-0.2, 0) is 0 Å². The number of ether oxygens (including phenoxy) is 1. The lowest BCUT2D eigenvalue weighted by Gasteiger charge is -2.29. The topological polar surface area (TPSA) is 42.7 Å². The molecule has 0 aliphatic carbocycles. The molecule has 4 rings (SSSR count). The van der Waals surface area contributed by atoms with Gasteiger partial charge in [0.2, 0.25) is 5.88 Å². The molecule has 0 amide bonds. The van der Waals surface area contributed by atoms with Crippen LogP contribution in [0.2, 0.25) is 5.02 Å². The fourth-order valence-corrected chi connectivity index (χ4v) is 3.63. The van der Waals surface area contributed by atoms with E-state index < -0.39 is 0 Å². The molecule has 5 nitrogen and oxygen atoms in total. The molecule has 25 heavy (non-hydrogen) atoms. The molecule has 1 aliphatic heterocycles. The average Bonchev–Trinajstić information content (AvgIpc) is 3.03. The van der Waals surface area contributed by atoms with Crippen LogP contribution in [0.5, 0.6) is 5.88 Å². The van der Waals surface area contributed by atoms with Crippen molar-refractivity contribution in [3.8, 4) is 17.1 Å². The minimum Gasteiger partial charge on any atom is -0.476 e. The molecule has 1 unspecified atom stereocenters. The Bertz CT molecular complexity index is 879. The largest absolute Gasteiger partial charge is 0.476 e. The van der Waals surface area contributed by atoms with Crippen LogP contribution < -0.4 is 4.74 Å². The highest BCUT2D eigenvalue weighted by atomic mass is 35.5. The maximum atomic E-state index is 6.33. The number of fused-ring (bicyclic) bond motifs is 1. The molecule has 1 fully saturated rings. The molecule has 0 bridgehead atoms. The van der Waals surface area contributed by atoms with Gasteiger partial charge < -0.3 is 9.64 Å². The molecule has 1 aliphatic rings. The van der Waals surface area contributed by atoms with Crippen LogP contribution in [-0.4, -0.2) is 46.2 Å². The lowest BCUT2D eigenvalue weighted by Crippen LogP contribution is -2.34. The standard InChI is InChI=1S/C19H21ClN4O/c1-23-10-4-5-14(12-23)13-25-19-9-8-18-21-11-17(24(18)22-19)15-6-2-3-7-16(15)20/h2-3,6-9,11,14H,4-5,10,12-13H2,1H3. The summed E-state index contributed by atoms with van der Waals surface area (Å²) >= 11 is 6.33. The second-order valence-electron chi connectivity index (χ2n) is 6.65. The van der Waals surface area contributed by atoms with Gasteiger partial charge in [0.15, 0.2) is 5.65 Å². The van der Waals surface area contributed by atoms with Gasteiger partial charge in [0.05, 0.1) is 23.5 Å². The number of benzene rings is 1. The Labute approximate surface area is 152 Å². The second-order valence-corrected chi connectivity index (χ2v) is 7.05. The predicted molar refractivity (Wildman–Crippen MR) is 99.1 cm³/mol. The smallest absolute Gasteiger partial charge is 0.231 e. The molecule has 1 aromatic carbocycles. The van der Waals surface area contributed by atoms with E-state index in [0.717, 1.165) is 23.4 Å². The Morgan fingerprint density at radius 2 is 2.12 bits per heavy atom. The molecular weight excluding hydrogens is 336 g/mol. The number of hydrogen-bond acceptors (Lipinski definition) is 4. The average molecular weight is 357 g/mol. The number of hydrogen-bond donors (Lipinski definition) is 0. The van der Waals surface area contributed by atoms with Crippen LogP contribution in [0.25, 0.3) is 16.9 Å². The van der Waals surface area contributed by atoms with Crippen LogP contribution >= 0.6 is 11.6 Å². The van der Waals surface area contributed by atoms with Crippen molar-refractivity contribution in [1.82, 2.24) is 19.5 Å². The fraction of sp³-hybridized carbons (Fsp3) is 0.368. The summed E-state index contributed by atoms with van der Waals surface area (Å²) in [6.07, 6.45) is 4.24. The number of imidazole rings is 1. The highest BCUT2D eigenvalue weighted by Gasteiger charge is 2.18. The molecule has 130 valence electrons. The zero-order valence-corrected chi connectivity index (χ0v) is 15.0. The summed E-state index contributed by atoms with van der Waals surface area (Å²) < 4.78 is 7.77. The summed E-state index contributed by atoms with van der Waals surface area (Å²) in [6.45, 7) is 2.95. The van der Waals surface area contributed by atoms with Gasteiger partial charge in [-0.15, -0.1) is 5.10 Å². The number of rotatable bonds is 4. The van der Waals surface area contributed by atoms with Crippen molar-refractivity contribution in [2.24, 2.45) is 5.92 Å². The van der Waals surface area contributed by atoms with Gasteiger partial charge in [0, 0.05) is 24.1 Å². The van der Waals surface area contributed by atoms with Crippen LogP contribution in [0.4, 0.5) is 0 Å². The SMILES string of the molecule is CN1CCCC(COc2ccc3ncc(-c4ccccc4Cl)n3n2)C1. The van der Waals surface area contributed by atoms with Crippen LogP contribution in [0.15, 0.2) is 42.6 Å². The minimum absolute atomic E-state index is 0.557. The Balaban J connectivity index is 1.57. The summed E-state index contributed by atoms with van der Waals surface area (Å²) in [5, 5.41) is 5.30. The van der Waals surface area contributed by atoms with Crippen molar-refractivity contribution in [3.63, 3.8) is 0 Å². The molecule has 2 aromatic heterocycles. The number of likely N-dealkylation sites (tertiary alicyclic amines) is 1. The molecule has 1 saturated heterocycles. The summed E-state index contributed by atoms with van der Waals surface area (Å²) in [7, 11) is 2.16. The summed E-state index contributed by atoms with van der Waals surface area (Å²) in [4.78, 5) is 6.78. The van der Waals surface area contributed by atoms with E-state index in [9.17, 15) is 0 Å². The van der Waals surface area contributed by atoms with Crippen LogP contribution in [0.1, 0.15) is 12.8 Å². The Kier molecular flexibility index (Phi) is 4.59. The van der Waals surface area contributed by atoms with Crippen molar-refractivity contribution >= 4 is 17.2 Å². The third-order valence-electron chi connectivity index (χ3n) is 4.68. The molecular formula is C19H21ClN4O. The first-order valence-corrected chi connectivity index (χ1v) is 8.99. The van der Waals surface area contributed by atoms with E-state index in [0.29, 0.717) is 23.4 Å². The number of nitrogens with zero attached hydrogens (tertiary/aromatic N) is 4. The Hall–Kier alpha value is -2.11. The van der Waals surface area contributed by atoms with E-state index >= 15 is 0 Å². The summed E-state index contributed by atoms with van der Waals surface area (Å²) in [5.74, 6) is 1.18. The number of halogens is 1. The van der Waals surface area contributed by atoms with E-state index in [2.05, 4.69) is 22.0 Å². The van der Waals surface area contributed by atoms with Gasteiger partial charge in [0.1, 0.15) is 0 Å². The van der Waals surface area contributed by atoms with Crippen molar-refractivity contribution < 1.29 is 4.74 Å². The van der Waals surface area contributed by atoms with Crippen LogP contribution in [0.3, 0.4) is 0 Å².